The van der Waals surface area contributed by atoms with E-state index in [0.717, 1.165) is 37.1 Å². The van der Waals surface area contributed by atoms with Crippen LogP contribution in [-0.2, 0) is 6.54 Å². The number of para-hydroxylation sites is 1. The van der Waals surface area contributed by atoms with Crippen molar-refractivity contribution >= 4 is 21.6 Å². The number of nitrogens with zero attached hydrogens (tertiary/aromatic N) is 2. The van der Waals surface area contributed by atoms with E-state index in [-0.39, 0.29) is 0 Å². The third-order valence-corrected chi connectivity index (χ3v) is 5.20. The maximum Gasteiger partial charge on any atom is 0.108 e. The normalized spacial score (nSPS) is 24.9. The Morgan fingerprint density at radius 1 is 1.32 bits per heavy atom. The van der Waals surface area contributed by atoms with Crippen molar-refractivity contribution in [3.63, 3.8) is 0 Å². The highest BCUT2D eigenvalue weighted by molar-refractivity contribution is 7.18. The van der Waals surface area contributed by atoms with E-state index in [2.05, 4.69) is 34.5 Å². The summed E-state index contributed by atoms with van der Waals surface area (Å²) in [6, 6.07) is 9.17. The zero-order chi connectivity index (χ0) is 12.7. The first-order chi connectivity index (χ1) is 9.38. The van der Waals surface area contributed by atoms with Gasteiger partial charge in [0.2, 0.25) is 0 Å². The van der Waals surface area contributed by atoms with Gasteiger partial charge in [0.05, 0.1) is 16.8 Å². The Labute approximate surface area is 117 Å². The van der Waals surface area contributed by atoms with Crippen molar-refractivity contribution in [2.75, 3.05) is 19.6 Å². The molecule has 1 saturated carbocycles. The molecule has 0 radical (unpaired) electrons. The lowest BCUT2D eigenvalue weighted by atomic mass is 10.1. The molecule has 1 aromatic carbocycles. The summed E-state index contributed by atoms with van der Waals surface area (Å²) in [4.78, 5) is 7.32. The van der Waals surface area contributed by atoms with E-state index in [1.54, 1.807) is 0 Å². The van der Waals surface area contributed by atoms with Gasteiger partial charge in [-0.3, -0.25) is 4.90 Å². The molecule has 1 saturated heterocycles. The van der Waals surface area contributed by atoms with Crippen LogP contribution in [0.25, 0.3) is 10.2 Å². The summed E-state index contributed by atoms with van der Waals surface area (Å²) in [5.74, 6) is 0.943. The van der Waals surface area contributed by atoms with Crippen molar-refractivity contribution < 1.29 is 0 Å². The lowest BCUT2D eigenvalue weighted by molar-refractivity contribution is 0.181. The van der Waals surface area contributed by atoms with E-state index in [1.807, 2.05) is 11.3 Å². The fourth-order valence-corrected chi connectivity index (χ4v) is 3.99. The van der Waals surface area contributed by atoms with Gasteiger partial charge < -0.3 is 5.32 Å². The summed E-state index contributed by atoms with van der Waals surface area (Å²) in [5.41, 5.74) is 1.15. The molecule has 2 heterocycles. The van der Waals surface area contributed by atoms with Gasteiger partial charge in [-0.2, -0.15) is 0 Å². The minimum atomic E-state index is 0.725. The van der Waals surface area contributed by atoms with E-state index < -0.39 is 0 Å². The van der Waals surface area contributed by atoms with Gasteiger partial charge >= 0.3 is 0 Å². The van der Waals surface area contributed by atoms with Crippen molar-refractivity contribution in [3.05, 3.63) is 29.3 Å². The Morgan fingerprint density at radius 3 is 3.05 bits per heavy atom. The van der Waals surface area contributed by atoms with Crippen molar-refractivity contribution in [2.24, 2.45) is 5.92 Å². The van der Waals surface area contributed by atoms with Crippen molar-refractivity contribution in [1.29, 1.82) is 0 Å². The maximum atomic E-state index is 4.75. The number of benzene rings is 1. The number of thiazole rings is 1. The molecule has 2 aromatic rings. The molecule has 1 aromatic heterocycles. The first-order valence-corrected chi connectivity index (χ1v) is 8.00. The molecule has 1 atom stereocenters. The predicted molar refractivity (Wildman–Crippen MR) is 79.4 cm³/mol. The van der Waals surface area contributed by atoms with E-state index in [9.17, 15) is 0 Å². The van der Waals surface area contributed by atoms with Crippen LogP contribution in [0, 0.1) is 5.92 Å². The second kappa shape index (κ2) is 4.85. The summed E-state index contributed by atoms with van der Waals surface area (Å²) in [7, 11) is 0. The SMILES string of the molecule is c1ccc2sc(CN3CCNC(C4CC4)C3)nc2c1. The Bertz CT molecular complexity index is 543. The third kappa shape index (κ3) is 2.53. The molecule has 1 aliphatic heterocycles. The van der Waals surface area contributed by atoms with Gasteiger partial charge in [-0.1, -0.05) is 12.1 Å². The largest absolute Gasteiger partial charge is 0.311 e. The number of hydrogen-bond acceptors (Lipinski definition) is 4. The lowest BCUT2D eigenvalue weighted by Crippen LogP contribution is -2.51. The zero-order valence-corrected chi connectivity index (χ0v) is 11.8. The second-order valence-electron chi connectivity index (χ2n) is 5.71. The van der Waals surface area contributed by atoms with Crippen LogP contribution in [-0.4, -0.2) is 35.6 Å². The lowest BCUT2D eigenvalue weighted by Gasteiger charge is -2.33. The highest BCUT2D eigenvalue weighted by Crippen LogP contribution is 2.34. The van der Waals surface area contributed by atoms with Crippen LogP contribution in [0.2, 0.25) is 0 Å². The van der Waals surface area contributed by atoms with Crippen molar-refractivity contribution in [3.8, 4) is 0 Å². The van der Waals surface area contributed by atoms with E-state index >= 15 is 0 Å². The number of nitrogens with one attached hydrogen (secondary N) is 1. The standard InChI is InChI=1S/C15H19N3S/c1-2-4-14-12(3-1)17-15(19-14)10-18-8-7-16-13(9-18)11-5-6-11/h1-4,11,13,16H,5-10H2. The van der Waals surface area contributed by atoms with Crippen LogP contribution in [0.15, 0.2) is 24.3 Å². The Morgan fingerprint density at radius 2 is 2.21 bits per heavy atom. The van der Waals surface area contributed by atoms with E-state index in [0.29, 0.717) is 0 Å². The predicted octanol–water partition coefficient (Wildman–Crippen LogP) is 2.48. The summed E-state index contributed by atoms with van der Waals surface area (Å²) in [6.07, 6.45) is 2.85. The Kier molecular flexibility index (Phi) is 3.02. The molecule has 4 rings (SSSR count). The van der Waals surface area contributed by atoms with Crippen LogP contribution in [0.5, 0.6) is 0 Å². The minimum absolute atomic E-state index is 0.725. The molecule has 0 amide bonds. The zero-order valence-electron chi connectivity index (χ0n) is 11.0. The van der Waals surface area contributed by atoms with Crippen molar-refractivity contribution in [1.82, 2.24) is 15.2 Å². The summed E-state index contributed by atoms with van der Waals surface area (Å²) in [5, 5.41) is 4.93. The minimum Gasteiger partial charge on any atom is -0.311 e. The number of piperazine rings is 1. The van der Waals surface area contributed by atoms with Crippen LogP contribution in [0.1, 0.15) is 17.8 Å². The number of fused-ring (bicyclic) bond motifs is 1. The molecule has 0 spiro atoms. The monoisotopic (exact) mass is 273 g/mol. The number of aromatic nitrogens is 1. The second-order valence-corrected chi connectivity index (χ2v) is 6.82. The number of hydrogen-bond donors (Lipinski definition) is 1. The molecular formula is C15H19N3S. The quantitative estimate of drug-likeness (QED) is 0.931. The van der Waals surface area contributed by atoms with Gasteiger partial charge in [0, 0.05) is 25.7 Å². The molecule has 1 unspecified atom stereocenters. The molecule has 4 heteroatoms. The topological polar surface area (TPSA) is 28.2 Å². The first-order valence-electron chi connectivity index (χ1n) is 7.19. The highest BCUT2D eigenvalue weighted by Gasteiger charge is 2.34. The van der Waals surface area contributed by atoms with Crippen LogP contribution >= 0.6 is 11.3 Å². The van der Waals surface area contributed by atoms with Gasteiger partial charge in [-0.15, -0.1) is 11.3 Å². The fourth-order valence-electron chi connectivity index (χ4n) is 2.98. The van der Waals surface area contributed by atoms with Crippen LogP contribution in [0.4, 0.5) is 0 Å². The summed E-state index contributed by atoms with van der Waals surface area (Å²) < 4.78 is 1.31. The average Bonchev–Trinajstić information content (AvgIpc) is 3.20. The third-order valence-electron chi connectivity index (χ3n) is 4.18. The molecular weight excluding hydrogens is 254 g/mol. The highest BCUT2D eigenvalue weighted by atomic mass is 32.1. The summed E-state index contributed by atoms with van der Waals surface area (Å²) >= 11 is 1.84. The van der Waals surface area contributed by atoms with Crippen LogP contribution < -0.4 is 5.32 Å². The molecule has 1 aliphatic carbocycles. The number of rotatable bonds is 3. The Hall–Kier alpha value is -0.970. The van der Waals surface area contributed by atoms with Crippen molar-refractivity contribution in [2.45, 2.75) is 25.4 Å². The molecule has 1 N–H and O–H groups in total. The molecule has 0 bridgehead atoms. The van der Waals surface area contributed by atoms with Gasteiger partial charge in [-0.05, 0) is 30.9 Å². The first kappa shape index (κ1) is 11.8. The fraction of sp³-hybridized carbons (Fsp3) is 0.533. The van der Waals surface area contributed by atoms with Gasteiger partial charge in [0.25, 0.3) is 0 Å². The molecule has 100 valence electrons. The van der Waals surface area contributed by atoms with Gasteiger partial charge in [0.1, 0.15) is 5.01 Å². The average molecular weight is 273 g/mol. The molecule has 3 nitrogen and oxygen atoms in total. The maximum absolute atomic E-state index is 4.75. The van der Waals surface area contributed by atoms with Gasteiger partial charge in [0.15, 0.2) is 0 Å². The van der Waals surface area contributed by atoms with E-state index in [1.165, 1.54) is 29.1 Å². The molecule has 2 aliphatic rings. The van der Waals surface area contributed by atoms with E-state index in [4.69, 9.17) is 4.98 Å². The molecule has 19 heavy (non-hydrogen) atoms. The smallest absolute Gasteiger partial charge is 0.108 e. The van der Waals surface area contributed by atoms with Gasteiger partial charge in [-0.25, -0.2) is 4.98 Å². The van der Waals surface area contributed by atoms with Crippen LogP contribution in [0.3, 0.4) is 0 Å². The Balaban J connectivity index is 1.47. The molecule has 2 fully saturated rings. The summed E-state index contributed by atoms with van der Waals surface area (Å²) in [6.45, 7) is 4.50.